The summed E-state index contributed by atoms with van der Waals surface area (Å²) >= 11 is 0. The van der Waals surface area contributed by atoms with Crippen LogP contribution in [0.15, 0.2) is 24.3 Å². The van der Waals surface area contributed by atoms with Crippen molar-refractivity contribution in [2.45, 2.75) is 57.9 Å². The van der Waals surface area contributed by atoms with E-state index in [4.69, 9.17) is 5.73 Å². The van der Waals surface area contributed by atoms with Gasteiger partial charge >= 0.3 is 0 Å². The molecule has 1 saturated carbocycles. The van der Waals surface area contributed by atoms with Crippen LogP contribution >= 0.6 is 24.8 Å². The van der Waals surface area contributed by atoms with Gasteiger partial charge in [-0.3, -0.25) is 9.69 Å². The van der Waals surface area contributed by atoms with Gasteiger partial charge in [-0.1, -0.05) is 43.5 Å². The number of nitrogens with zero attached hydrogens (tertiary/aromatic N) is 1. The number of benzene rings is 1. The third-order valence-electron chi connectivity index (χ3n) is 6.07. The minimum absolute atomic E-state index is 0. The lowest BCUT2D eigenvalue weighted by Gasteiger charge is -2.35. The molecular weight excluding hydrogens is 381 g/mol. The zero-order valence-corrected chi connectivity index (χ0v) is 17.9. The summed E-state index contributed by atoms with van der Waals surface area (Å²) in [6.45, 7) is 4.64. The highest BCUT2D eigenvalue weighted by molar-refractivity contribution is 5.85. The molecule has 0 atom stereocenters. The third-order valence-corrected chi connectivity index (χ3v) is 6.07. The van der Waals surface area contributed by atoms with Crippen LogP contribution in [0.5, 0.6) is 0 Å². The zero-order chi connectivity index (χ0) is 17.5. The molecule has 3 N–H and O–H groups in total. The Hall–Kier alpha value is -0.810. The molecule has 1 fully saturated rings. The lowest BCUT2D eigenvalue weighted by Crippen LogP contribution is -2.39. The molecule has 0 saturated heterocycles. The molecule has 1 amide bonds. The van der Waals surface area contributed by atoms with E-state index in [9.17, 15) is 4.79 Å². The minimum atomic E-state index is 0. The second-order valence-electron chi connectivity index (χ2n) is 7.94. The van der Waals surface area contributed by atoms with E-state index in [2.05, 4.69) is 34.5 Å². The molecule has 0 radical (unpaired) electrons. The summed E-state index contributed by atoms with van der Waals surface area (Å²) in [5.74, 6) is 0.191. The molecule has 1 heterocycles. The Bertz CT molecular complexity index is 576. The highest BCUT2D eigenvalue weighted by Gasteiger charge is 2.32. The van der Waals surface area contributed by atoms with Crippen LogP contribution < -0.4 is 11.1 Å². The Morgan fingerprint density at radius 1 is 1.11 bits per heavy atom. The predicted octanol–water partition coefficient (Wildman–Crippen LogP) is 3.69. The van der Waals surface area contributed by atoms with E-state index >= 15 is 0 Å². The van der Waals surface area contributed by atoms with Crippen molar-refractivity contribution < 1.29 is 4.79 Å². The van der Waals surface area contributed by atoms with Gasteiger partial charge in [0.25, 0.3) is 0 Å². The van der Waals surface area contributed by atoms with Gasteiger partial charge in [0.2, 0.25) is 5.91 Å². The van der Waals surface area contributed by atoms with Crippen molar-refractivity contribution in [2.75, 3.05) is 26.2 Å². The maximum absolute atomic E-state index is 12.3. The molecule has 0 bridgehead atoms. The van der Waals surface area contributed by atoms with Crippen LogP contribution in [0.25, 0.3) is 0 Å². The van der Waals surface area contributed by atoms with Crippen molar-refractivity contribution >= 4 is 30.7 Å². The minimum Gasteiger partial charge on any atom is -0.356 e. The van der Waals surface area contributed by atoms with Crippen LogP contribution in [0.2, 0.25) is 0 Å². The van der Waals surface area contributed by atoms with Crippen molar-refractivity contribution in [3.05, 3.63) is 35.4 Å². The first-order valence-corrected chi connectivity index (χ1v) is 9.97. The van der Waals surface area contributed by atoms with Crippen molar-refractivity contribution in [1.29, 1.82) is 0 Å². The number of nitrogens with one attached hydrogen (secondary N) is 1. The number of fused-ring (bicyclic) bond motifs is 1. The molecule has 27 heavy (non-hydrogen) atoms. The van der Waals surface area contributed by atoms with E-state index in [-0.39, 0.29) is 36.1 Å². The number of rotatable bonds is 7. The Morgan fingerprint density at radius 2 is 1.81 bits per heavy atom. The molecule has 6 heteroatoms. The summed E-state index contributed by atoms with van der Waals surface area (Å²) in [5, 5.41) is 3.13. The third kappa shape index (κ3) is 6.94. The van der Waals surface area contributed by atoms with Crippen molar-refractivity contribution in [2.24, 2.45) is 11.1 Å². The number of amides is 1. The van der Waals surface area contributed by atoms with Gasteiger partial charge in [0.15, 0.2) is 0 Å². The zero-order valence-electron chi connectivity index (χ0n) is 16.3. The SMILES string of the molecule is Cl.Cl.NCC1(CC(=O)NCCCN2CCc3ccccc3C2)CCCCC1. The molecule has 4 nitrogen and oxygen atoms in total. The van der Waals surface area contributed by atoms with Crippen LogP contribution in [0.4, 0.5) is 0 Å². The predicted molar refractivity (Wildman–Crippen MR) is 117 cm³/mol. The summed E-state index contributed by atoms with van der Waals surface area (Å²) < 4.78 is 0. The smallest absolute Gasteiger partial charge is 0.220 e. The summed E-state index contributed by atoms with van der Waals surface area (Å²) in [6.07, 6.45) is 8.74. The van der Waals surface area contributed by atoms with Crippen LogP contribution in [-0.4, -0.2) is 37.0 Å². The van der Waals surface area contributed by atoms with Crippen molar-refractivity contribution in [1.82, 2.24) is 10.2 Å². The topological polar surface area (TPSA) is 58.4 Å². The van der Waals surface area contributed by atoms with Crippen LogP contribution in [0, 0.1) is 5.41 Å². The maximum Gasteiger partial charge on any atom is 0.220 e. The average molecular weight is 416 g/mol. The molecule has 1 aliphatic heterocycles. The molecular formula is C21H35Cl2N3O. The first-order chi connectivity index (χ1) is 12.2. The molecule has 3 rings (SSSR count). The quantitative estimate of drug-likeness (QED) is 0.667. The molecule has 1 aliphatic carbocycles. The van der Waals surface area contributed by atoms with E-state index in [1.54, 1.807) is 0 Å². The summed E-state index contributed by atoms with van der Waals surface area (Å²) in [5.41, 5.74) is 9.01. The lowest BCUT2D eigenvalue weighted by molar-refractivity contribution is -0.123. The second-order valence-corrected chi connectivity index (χ2v) is 7.94. The summed E-state index contributed by atoms with van der Waals surface area (Å²) in [6, 6.07) is 8.73. The number of nitrogens with two attached hydrogens (primary N) is 1. The van der Waals surface area contributed by atoms with Gasteiger partial charge in [-0.05, 0) is 48.8 Å². The van der Waals surface area contributed by atoms with Gasteiger partial charge in [0.1, 0.15) is 0 Å². The monoisotopic (exact) mass is 415 g/mol. The number of hydrogen-bond acceptors (Lipinski definition) is 3. The van der Waals surface area contributed by atoms with Crippen LogP contribution in [-0.2, 0) is 17.8 Å². The fourth-order valence-electron chi connectivity index (χ4n) is 4.43. The normalized spacial score (nSPS) is 18.6. The highest BCUT2D eigenvalue weighted by Crippen LogP contribution is 2.38. The number of halogens is 2. The van der Waals surface area contributed by atoms with Gasteiger partial charge in [0.05, 0.1) is 0 Å². The fraction of sp³-hybridized carbons (Fsp3) is 0.667. The molecule has 0 spiro atoms. The van der Waals surface area contributed by atoms with E-state index in [0.29, 0.717) is 13.0 Å². The Morgan fingerprint density at radius 3 is 2.52 bits per heavy atom. The molecule has 0 aromatic heterocycles. The van der Waals surface area contributed by atoms with E-state index in [1.807, 2.05) is 0 Å². The van der Waals surface area contributed by atoms with Gasteiger partial charge in [0, 0.05) is 32.6 Å². The van der Waals surface area contributed by atoms with E-state index in [1.165, 1.54) is 30.4 Å². The Labute approximate surface area is 176 Å². The first kappa shape index (κ1) is 24.2. The lowest BCUT2D eigenvalue weighted by atomic mass is 9.71. The van der Waals surface area contributed by atoms with Gasteiger partial charge in [-0.25, -0.2) is 0 Å². The fourth-order valence-corrected chi connectivity index (χ4v) is 4.43. The molecule has 1 aromatic rings. The summed E-state index contributed by atoms with van der Waals surface area (Å²) in [4.78, 5) is 14.8. The molecule has 2 aliphatic rings. The standard InChI is InChI=1S/C21H33N3O.2ClH/c22-17-21(10-4-1-5-11-21)15-20(25)23-12-6-13-24-14-9-18-7-2-3-8-19(18)16-24;;/h2-3,7-8H,1,4-6,9-17,22H2,(H,23,25);2*1H. The maximum atomic E-state index is 12.3. The van der Waals surface area contributed by atoms with E-state index in [0.717, 1.165) is 51.9 Å². The molecule has 0 unspecified atom stereocenters. The molecule has 154 valence electrons. The van der Waals surface area contributed by atoms with Gasteiger partial charge < -0.3 is 11.1 Å². The van der Waals surface area contributed by atoms with E-state index < -0.39 is 0 Å². The Kier molecular flexibility index (Phi) is 10.7. The first-order valence-electron chi connectivity index (χ1n) is 9.97. The van der Waals surface area contributed by atoms with Gasteiger partial charge in [-0.2, -0.15) is 0 Å². The summed E-state index contributed by atoms with van der Waals surface area (Å²) in [7, 11) is 0. The second kappa shape index (κ2) is 11.9. The largest absolute Gasteiger partial charge is 0.356 e. The van der Waals surface area contributed by atoms with Crippen LogP contribution in [0.3, 0.4) is 0 Å². The molecule has 1 aromatic carbocycles. The van der Waals surface area contributed by atoms with Crippen molar-refractivity contribution in [3.8, 4) is 0 Å². The number of carbonyl (C=O) groups is 1. The van der Waals surface area contributed by atoms with Crippen molar-refractivity contribution in [3.63, 3.8) is 0 Å². The average Bonchev–Trinajstić information content (AvgIpc) is 2.66. The Balaban J connectivity index is 0.00000182. The number of carbonyl (C=O) groups excluding carboxylic acids is 1. The van der Waals surface area contributed by atoms with Gasteiger partial charge in [-0.15, -0.1) is 24.8 Å². The van der Waals surface area contributed by atoms with Crippen LogP contribution in [0.1, 0.15) is 56.1 Å². The highest BCUT2D eigenvalue weighted by atomic mass is 35.5. The number of hydrogen-bond donors (Lipinski definition) is 2.